The van der Waals surface area contributed by atoms with Crippen molar-refractivity contribution in [2.24, 2.45) is 0 Å². The molecule has 5 heteroatoms. The minimum Gasteiger partial charge on any atom is -0.367 e. The van der Waals surface area contributed by atoms with Gasteiger partial charge in [0.15, 0.2) is 0 Å². The molecule has 1 saturated heterocycles. The SMILES string of the molecule is CNC1CCCC1c1nc(C2(C)CCCCO2)no1. The first-order chi connectivity index (χ1) is 9.23. The summed E-state index contributed by atoms with van der Waals surface area (Å²) in [6.07, 6.45) is 6.82. The Kier molecular flexibility index (Phi) is 3.58. The summed E-state index contributed by atoms with van der Waals surface area (Å²) in [4.78, 5) is 4.64. The van der Waals surface area contributed by atoms with Gasteiger partial charge in [-0.2, -0.15) is 4.98 Å². The normalized spacial score (nSPS) is 35.7. The third-order valence-electron chi connectivity index (χ3n) is 4.59. The average Bonchev–Trinajstić information content (AvgIpc) is 3.08. The fraction of sp³-hybridized carbons (Fsp3) is 0.857. The number of nitrogens with one attached hydrogen (secondary N) is 1. The van der Waals surface area contributed by atoms with Crippen molar-refractivity contribution < 1.29 is 9.26 Å². The summed E-state index contributed by atoms with van der Waals surface area (Å²) in [5.74, 6) is 1.87. The molecule has 3 unspecified atom stereocenters. The van der Waals surface area contributed by atoms with Gasteiger partial charge in [-0.3, -0.25) is 0 Å². The van der Waals surface area contributed by atoms with E-state index < -0.39 is 0 Å². The molecule has 2 aliphatic rings. The molecule has 5 nitrogen and oxygen atoms in total. The Balaban J connectivity index is 1.79. The van der Waals surface area contributed by atoms with Gasteiger partial charge >= 0.3 is 0 Å². The lowest BCUT2D eigenvalue weighted by Gasteiger charge is -2.30. The molecular weight excluding hydrogens is 242 g/mol. The molecule has 1 aliphatic carbocycles. The third-order valence-corrected chi connectivity index (χ3v) is 4.59. The fourth-order valence-electron chi connectivity index (χ4n) is 3.31. The van der Waals surface area contributed by atoms with Gasteiger partial charge < -0.3 is 14.6 Å². The lowest BCUT2D eigenvalue weighted by molar-refractivity contribution is -0.0770. The summed E-state index contributed by atoms with van der Waals surface area (Å²) < 4.78 is 11.4. The predicted octanol–water partition coefficient (Wildman–Crippen LogP) is 2.34. The van der Waals surface area contributed by atoms with Gasteiger partial charge in [0.05, 0.1) is 5.92 Å². The van der Waals surface area contributed by atoms with Gasteiger partial charge in [-0.05, 0) is 46.1 Å². The minimum absolute atomic E-state index is 0.353. The molecule has 1 aromatic heterocycles. The lowest BCUT2D eigenvalue weighted by Crippen LogP contribution is -2.31. The van der Waals surface area contributed by atoms with E-state index in [2.05, 4.69) is 22.4 Å². The van der Waals surface area contributed by atoms with E-state index in [1.807, 2.05) is 7.05 Å². The molecule has 0 aromatic carbocycles. The molecule has 2 heterocycles. The van der Waals surface area contributed by atoms with Crippen molar-refractivity contribution in [2.75, 3.05) is 13.7 Å². The molecule has 106 valence electrons. The standard InChI is InChI=1S/C14H23N3O2/c1-14(8-3-4-9-18-14)13-16-12(19-17-13)10-6-5-7-11(10)15-2/h10-11,15H,3-9H2,1-2H3. The van der Waals surface area contributed by atoms with Crippen LogP contribution in [0.2, 0.25) is 0 Å². The molecule has 0 radical (unpaired) electrons. The number of hydrogen-bond donors (Lipinski definition) is 1. The zero-order valence-corrected chi connectivity index (χ0v) is 11.8. The summed E-state index contributed by atoms with van der Waals surface area (Å²) in [5.41, 5.74) is -0.353. The van der Waals surface area contributed by atoms with E-state index in [-0.39, 0.29) is 5.60 Å². The zero-order chi connectivity index (χ0) is 13.3. The van der Waals surface area contributed by atoms with Crippen molar-refractivity contribution in [3.05, 3.63) is 11.7 Å². The van der Waals surface area contributed by atoms with Gasteiger partial charge in [-0.15, -0.1) is 0 Å². The van der Waals surface area contributed by atoms with Crippen molar-refractivity contribution in [3.8, 4) is 0 Å². The van der Waals surface area contributed by atoms with Crippen molar-refractivity contribution >= 4 is 0 Å². The number of nitrogens with zero attached hydrogens (tertiary/aromatic N) is 2. The topological polar surface area (TPSA) is 60.2 Å². The first kappa shape index (κ1) is 13.1. The van der Waals surface area contributed by atoms with Crippen LogP contribution in [0.25, 0.3) is 0 Å². The number of ether oxygens (including phenoxy) is 1. The van der Waals surface area contributed by atoms with Gasteiger partial charge in [-0.1, -0.05) is 11.6 Å². The highest BCUT2D eigenvalue weighted by Gasteiger charge is 2.37. The van der Waals surface area contributed by atoms with E-state index in [1.165, 1.54) is 19.3 Å². The second-order valence-corrected chi connectivity index (χ2v) is 5.93. The molecule has 1 N–H and O–H groups in total. The van der Waals surface area contributed by atoms with Crippen LogP contribution in [0.1, 0.15) is 63.1 Å². The maximum atomic E-state index is 5.88. The van der Waals surface area contributed by atoms with Crippen LogP contribution in [0, 0.1) is 0 Å². The van der Waals surface area contributed by atoms with Crippen molar-refractivity contribution in [1.82, 2.24) is 15.5 Å². The Morgan fingerprint density at radius 1 is 1.26 bits per heavy atom. The highest BCUT2D eigenvalue weighted by Crippen LogP contribution is 2.37. The first-order valence-electron chi connectivity index (χ1n) is 7.38. The van der Waals surface area contributed by atoms with E-state index in [4.69, 9.17) is 9.26 Å². The van der Waals surface area contributed by atoms with Crippen LogP contribution in [0.5, 0.6) is 0 Å². The van der Waals surface area contributed by atoms with Crippen LogP contribution in [0.15, 0.2) is 4.52 Å². The molecule has 3 rings (SSSR count). The molecule has 19 heavy (non-hydrogen) atoms. The highest BCUT2D eigenvalue weighted by atomic mass is 16.5. The van der Waals surface area contributed by atoms with Crippen LogP contribution >= 0.6 is 0 Å². The summed E-state index contributed by atoms with van der Waals surface area (Å²) in [6, 6.07) is 0.466. The van der Waals surface area contributed by atoms with E-state index in [0.29, 0.717) is 12.0 Å². The number of hydrogen-bond acceptors (Lipinski definition) is 5. The van der Waals surface area contributed by atoms with Gasteiger partial charge in [0.1, 0.15) is 5.60 Å². The zero-order valence-electron chi connectivity index (χ0n) is 11.8. The van der Waals surface area contributed by atoms with E-state index in [1.54, 1.807) is 0 Å². The summed E-state index contributed by atoms with van der Waals surface area (Å²) >= 11 is 0. The van der Waals surface area contributed by atoms with Gasteiger partial charge in [-0.25, -0.2) is 0 Å². The Morgan fingerprint density at radius 3 is 2.89 bits per heavy atom. The largest absolute Gasteiger partial charge is 0.367 e. The maximum absolute atomic E-state index is 5.88. The smallest absolute Gasteiger partial charge is 0.231 e. The van der Waals surface area contributed by atoms with E-state index >= 15 is 0 Å². The third kappa shape index (κ3) is 2.41. The summed E-state index contributed by atoms with van der Waals surface area (Å²) in [7, 11) is 2.01. The molecule has 1 aliphatic heterocycles. The van der Waals surface area contributed by atoms with Crippen molar-refractivity contribution in [2.45, 2.75) is 63.0 Å². The van der Waals surface area contributed by atoms with Crippen LogP contribution in [0.3, 0.4) is 0 Å². The van der Waals surface area contributed by atoms with Gasteiger partial charge in [0, 0.05) is 12.6 Å². The number of rotatable bonds is 3. The Hall–Kier alpha value is -0.940. The second kappa shape index (κ2) is 5.21. The molecule has 0 amide bonds. The molecule has 1 saturated carbocycles. The van der Waals surface area contributed by atoms with E-state index in [9.17, 15) is 0 Å². The fourth-order valence-corrected chi connectivity index (χ4v) is 3.31. The van der Waals surface area contributed by atoms with Crippen LogP contribution < -0.4 is 5.32 Å². The molecule has 0 bridgehead atoms. The molecule has 0 spiro atoms. The monoisotopic (exact) mass is 265 g/mol. The lowest BCUT2D eigenvalue weighted by atomic mass is 9.95. The predicted molar refractivity (Wildman–Crippen MR) is 70.9 cm³/mol. The van der Waals surface area contributed by atoms with Crippen LogP contribution in [-0.4, -0.2) is 29.8 Å². The molecule has 2 fully saturated rings. The Morgan fingerprint density at radius 2 is 2.16 bits per heavy atom. The Bertz CT molecular complexity index is 426. The van der Waals surface area contributed by atoms with E-state index in [0.717, 1.165) is 37.6 Å². The number of likely N-dealkylation sites (N-methyl/N-ethyl adjacent to an activating group) is 1. The molecule has 1 aromatic rings. The first-order valence-corrected chi connectivity index (χ1v) is 7.38. The summed E-state index contributed by atoms with van der Waals surface area (Å²) in [6.45, 7) is 2.87. The second-order valence-electron chi connectivity index (χ2n) is 5.93. The van der Waals surface area contributed by atoms with Crippen LogP contribution in [-0.2, 0) is 10.3 Å². The van der Waals surface area contributed by atoms with Crippen LogP contribution in [0.4, 0.5) is 0 Å². The summed E-state index contributed by atoms with van der Waals surface area (Å²) in [5, 5.41) is 7.54. The Labute approximate surface area is 114 Å². The quantitative estimate of drug-likeness (QED) is 0.909. The van der Waals surface area contributed by atoms with Gasteiger partial charge in [0.2, 0.25) is 11.7 Å². The molecular formula is C14H23N3O2. The average molecular weight is 265 g/mol. The maximum Gasteiger partial charge on any atom is 0.231 e. The highest BCUT2D eigenvalue weighted by molar-refractivity contribution is 5.07. The van der Waals surface area contributed by atoms with Crippen molar-refractivity contribution in [3.63, 3.8) is 0 Å². The number of aromatic nitrogens is 2. The minimum atomic E-state index is -0.353. The van der Waals surface area contributed by atoms with Gasteiger partial charge in [0.25, 0.3) is 0 Å². The van der Waals surface area contributed by atoms with Crippen molar-refractivity contribution in [1.29, 1.82) is 0 Å². The molecule has 3 atom stereocenters.